The molecule has 0 bridgehead atoms. The van der Waals surface area contributed by atoms with Crippen molar-refractivity contribution in [3.63, 3.8) is 0 Å². The Bertz CT molecular complexity index is 927. The van der Waals surface area contributed by atoms with E-state index >= 15 is 0 Å². The van der Waals surface area contributed by atoms with Crippen LogP contribution in [0.5, 0.6) is 0 Å². The summed E-state index contributed by atoms with van der Waals surface area (Å²) in [6.07, 6.45) is 4.22. The Labute approximate surface area is 188 Å². The summed E-state index contributed by atoms with van der Waals surface area (Å²) in [6.45, 7) is 5.84. The number of fused-ring (bicyclic) bond motifs is 1. The van der Waals surface area contributed by atoms with Gasteiger partial charge >= 0.3 is 0 Å². The summed E-state index contributed by atoms with van der Waals surface area (Å²) in [7, 11) is 0. The molecule has 1 spiro atoms. The number of imide groups is 1. The molecule has 0 radical (unpaired) electrons. The van der Waals surface area contributed by atoms with Gasteiger partial charge in [-0.2, -0.15) is 0 Å². The van der Waals surface area contributed by atoms with Gasteiger partial charge in [0.2, 0.25) is 11.8 Å². The van der Waals surface area contributed by atoms with Crippen LogP contribution in [0, 0.1) is 5.41 Å². The van der Waals surface area contributed by atoms with Gasteiger partial charge in [0.05, 0.1) is 6.10 Å². The fourth-order valence-electron chi connectivity index (χ4n) is 6.06. The summed E-state index contributed by atoms with van der Waals surface area (Å²) in [6, 6.07) is 5.72. The SMILES string of the molecule is CCOC1CC(NCc2cccc3c2C(=O)N(C2CCC(=O)NC2=O)C3)C12CCCNC2. The zero-order valence-corrected chi connectivity index (χ0v) is 18.6. The van der Waals surface area contributed by atoms with Crippen molar-refractivity contribution in [3.05, 3.63) is 34.9 Å². The van der Waals surface area contributed by atoms with Gasteiger partial charge in [-0.05, 0) is 50.3 Å². The predicted octanol–water partition coefficient (Wildman–Crippen LogP) is 1.08. The number of benzene rings is 1. The van der Waals surface area contributed by atoms with Crippen LogP contribution in [-0.2, 0) is 27.4 Å². The van der Waals surface area contributed by atoms with Crippen LogP contribution in [0.3, 0.4) is 0 Å². The lowest BCUT2D eigenvalue weighted by molar-refractivity contribution is -0.143. The second-order valence-electron chi connectivity index (χ2n) is 9.48. The number of rotatable bonds is 6. The van der Waals surface area contributed by atoms with Crippen molar-refractivity contribution in [2.24, 2.45) is 5.41 Å². The number of hydrogen-bond donors (Lipinski definition) is 3. The van der Waals surface area contributed by atoms with E-state index in [0.29, 0.717) is 31.1 Å². The fourth-order valence-corrected chi connectivity index (χ4v) is 6.06. The lowest BCUT2D eigenvalue weighted by Crippen LogP contribution is -2.68. The van der Waals surface area contributed by atoms with Gasteiger partial charge in [0.15, 0.2) is 0 Å². The molecule has 8 heteroatoms. The highest BCUT2D eigenvalue weighted by atomic mass is 16.5. The molecule has 5 rings (SSSR count). The van der Waals surface area contributed by atoms with E-state index in [1.165, 1.54) is 0 Å². The van der Waals surface area contributed by atoms with Crippen LogP contribution < -0.4 is 16.0 Å². The Morgan fingerprint density at radius 3 is 2.91 bits per heavy atom. The third kappa shape index (κ3) is 3.54. The first kappa shape index (κ1) is 21.6. The molecular formula is C24H32N4O4. The minimum absolute atomic E-state index is 0.109. The summed E-state index contributed by atoms with van der Waals surface area (Å²) in [5, 5.41) is 9.65. The smallest absolute Gasteiger partial charge is 0.255 e. The maximum Gasteiger partial charge on any atom is 0.255 e. The van der Waals surface area contributed by atoms with Gasteiger partial charge in [-0.1, -0.05) is 18.2 Å². The summed E-state index contributed by atoms with van der Waals surface area (Å²) in [5.74, 6) is -0.746. The Kier molecular flexibility index (Phi) is 5.77. The van der Waals surface area contributed by atoms with Gasteiger partial charge < -0.3 is 20.3 Å². The molecule has 4 unspecified atom stereocenters. The monoisotopic (exact) mass is 440 g/mol. The maximum atomic E-state index is 13.3. The van der Waals surface area contributed by atoms with E-state index in [2.05, 4.69) is 22.9 Å². The number of nitrogens with one attached hydrogen (secondary N) is 3. The number of carbonyl (C=O) groups is 3. The van der Waals surface area contributed by atoms with Gasteiger partial charge in [-0.3, -0.25) is 19.7 Å². The van der Waals surface area contributed by atoms with Gasteiger partial charge in [-0.25, -0.2) is 0 Å². The molecule has 0 aromatic heterocycles. The predicted molar refractivity (Wildman–Crippen MR) is 118 cm³/mol. The van der Waals surface area contributed by atoms with Crippen molar-refractivity contribution in [2.45, 2.75) is 70.3 Å². The second-order valence-corrected chi connectivity index (χ2v) is 9.48. The molecule has 32 heavy (non-hydrogen) atoms. The zero-order chi connectivity index (χ0) is 22.3. The summed E-state index contributed by atoms with van der Waals surface area (Å²) >= 11 is 0. The maximum absolute atomic E-state index is 13.3. The van der Waals surface area contributed by atoms with Crippen LogP contribution in [0.1, 0.15) is 60.5 Å². The highest BCUT2D eigenvalue weighted by Gasteiger charge is 2.55. The van der Waals surface area contributed by atoms with E-state index in [-0.39, 0.29) is 35.7 Å². The minimum atomic E-state index is -0.580. The van der Waals surface area contributed by atoms with Crippen LogP contribution in [0.25, 0.3) is 0 Å². The molecule has 1 aromatic carbocycles. The van der Waals surface area contributed by atoms with Crippen LogP contribution in [-0.4, -0.2) is 60.5 Å². The standard InChI is InChI=1S/C24H32N4O4/c1-2-32-19-11-18(24(19)9-4-10-25-14-24)26-12-15-5-3-6-16-13-28(23(31)21(15)16)17-7-8-20(29)27-22(17)30/h3,5-6,17-19,25-26H,2,4,7-14H2,1H3,(H,27,29,30). The molecule has 1 saturated carbocycles. The first-order chi connectivity index (χ1) is 15.5. The zero-order valence-electron chi connectivity index (χ0n) is 18.6. The summed E-state index contributed by atoms with van der Waals surface area (Å²) in [4.78, 5) is 38.8. The molecule has 3 aliphatic heterocycles. The van der Waals surface area contributed by atoms with E-state index in [0.717, 1.165) is 50.1 Å². The van der Waals surface area contributed by atoms with E-state index in [1.807, 2.05) is 18.2 Å². The van der Waals surface area contributed by atoms with Gasteiger partial charge in [-0.15, -0.1) is 0 Å². The van der Waals surface area contributed by atoms with Crippen molar-refractivity contribution < 1.29 is 19.1 Å². The number of carbonyl (C=O) groups excluding carboxylic acids is 3. The number of amides is 3. The highest BCUT2D eigenvalue weighted by Crippen LogP contribution is 2.48. The van der Waals surface area contributed by atoms with Gasteiger partial charge in [0.25, 0.3) is 5.91 Å². The fraction of sp³-hybridized carbons (Fsp3) is 0.625. The number of piperidine rings is 2. The third-order valence-electron chi connectivity index (χ3n) is 7.78. The Balaban J connectivity index is 1.30. The van der Waals surface area contributed by atoms with Crippen LogP contribution in [0.4, 0.5) is 0 Å². The Morgan fingerprint density at radius 2 is 2.16 bits per heavy atom. The van der Waals surface area contributed by atoms with E-state index in [4.69, 9.17) is 4.74 Å². The van der Waals surface area contributed by atoms with Crippen LogP contribution in [0.15, 0.2) is 18.2 Å². The van der Waals surface area contributed by atoms with Crippen LogP contribution in [0.2, 0.25) is 0 Å². The first-order valence-electron chi connectivity index (χ1n) is 11.8. The Morgan fingerprint density at radius 1 is 1.28 bits per heavy atom. The van der Waals surface area contributed by atoms with Crippen LogP contribution >= 0.6 is 0 Å². The molecule has 3 amide bonds. The molecular weight excluding hydrogens is 408 g/mol. The Hall–Kier alpha value is -2.29. The summed E-state index contributed by atoms with van der Waals surface area (Å²) in [5.41, 5.74) is 2.76. The van der Waals surface area contributed by atoms with Crippen molar-refractivity contribution in [3.8, 4) is 0 Å². The number of nitrogens with zero attached hydrogens (tertiary/aromatic N) is 1. The molecule has 3 fully saturated rings. The molecule has 2 saturated heterocycles. The molecule has 1 aromatic rings. The number of hydrogen-bond acceptors (Lipinski definition) is 6. The van der Waals surface area contributed by atoms with Crippen molar-refractivity contribution >= 4 is 17.7 Å². The molecule has 4 aliphatic rings. The molecule has 1 aliphatic carbocycles. The quantitative estimate of drug-likeness (QED) is 0.573. The number of ether oxygens (including phenoxy) is 1. The lowest BCUT2D eigenvalue weighted by atomic mass is 9.58. The van der Waals surface area contributed by atoms with Gasteiger partial charge in [0.1, 0.15) is 6.04 Å². The molecule has 3 heterocycles. The molecule has 172 valence electrons. The average Bonchev–Trinajstić information content (AvgIpc) is 3.13. The molecule has 8 nitrogen and oxygen atoms in total. The highest BCUT2D eigenvalue weighted by molar-refractivity contribution is 6.05. The summed E-state index contributed by atoms with van der Waals surface area (Å²) < 4.78 is 6.04. The minimum Gasteiger partial charge on any atom is -0.378 e. The third-order valence-corrected chi connectivity index (χ3v) is 7.78. The van der Waals surface area contributed by atoms with E-state index in [9.17, 15) is 14.4 Å². The second kappa shape index (κ2) is 8.57. The van der Waals surface area contributed by atoms with E-state index in [1.54, 1.807) is 4.90 Å². The molecule has 3 N–H and O–H groups in total. The lowest BCUT2D eigenvalue weighted by Gasteiger charge is -2.58. The van der Waals surface area contributed by atoms with Crippen molar-refractivity contribution in [1.82, 2.24) is 20.9 Å². The van der Waals surface area contributed by atoms with Gasteiger partial charge in [0, 0.05) is 49.7 Å². The average molecular weight is 441 g/mol. The van der Waals surface area contributed by atoms with E-state index < -0.39 is 6.04 Å². The first-order valence-corrected chi connectivity index (χ1v) is 11.8. The normalized spacial score (nSPS) is 32.1. The molecule has 4 atom stereocenters. The largest absolute Gasteiger partial charge is 0.378 e. The van der Waals surface area contributed by atoms with Crippen molar-refractivity contribution in [1.29, 1.82) is 0 Å². The topological polar surface area (TPSA) is 99.8 Å². The van der Waals surface area contributed by atoms with Crippen molar-refractivity contribution in [2.75, 3.05) is 19.7 Å².